The molecule has 0 spiro atoms. The molecule has 1 aliphatic heterocycles. The van der Waals surface area contributed by atoms with Crippen LogP contribution in [0.25, 0.3) is 0 Å². The van der Waals surface area contributed by atoms with Crippen LogP contribution in [0.4, 0.5) is 10.1 Å². The average molecular weight is 222 g/mol. The van der Waals surface area contributed by atoms with Gasteiger partial charge in [-0.15, -0.1) is 0 Å². The zero-order chi connectivity index (χ0) is 11.7. The Labute approximate surface area is 91.8 Å². The number of carbonyl (C=O) groups excluding carboxylic acids is 2. The van der Waals surface area contributed by atoms with Crippen molar-refractivity contribution in [2.45, 2.75) is 6.42 Å². The third kappa shape index (κ3) is 1.88. The normalized spacial score (nSPS) is 20.2. The van der Waals surface area contributed by atoms with E-state index in [4.69, 9.17) is 5.73 Å². The van der Waals surface area contributed by atoms with Crippen LogP contribution in [-0.4, -0.2) is 18.4 Å². The second-order valence-corrected chi connectivity index (χ2v) is 3.79. The highest BCUT2D eigenvalue weighted by atomic mass is 19.1. The number of hydrogen-bond acceptors (Lipinski definition) is 2. The molecule has 16 heavy (non-hydrogen) atoms. The van der Waals surface area contributed by atoms with Crippen LogP contribution in [0, 0.1) is 11.7 Å². The lowest BCUT2D eigenvalue weighted by molar-refractivity contribution is -0.123. The van der Waals surface area contributed by atoms with Crippen molar-refractivity contribution in [1.82, 2.24) is 0 Å². The molecular formula is C11H11FN2O2. The van der Waals surface area contributed by atoms with Gasteiger partial charge in [0.15, 0.2) is 0 Å². The minimum absolute atomic E-state index is 0.103. The largest absolute Gasteiger partial charge is 0.369 e. The summed E-state index contributed by atoms with van der Waals surface area (Å²) >= 11 is 0. The Morgan fingerprint density at radius 2 is 2.25 bits per heavy atom. The Morgan fingerprint density at radius 1 is 1.50 bits per heavy atom. The van der Waals surface area contributed by atoms with Crippen LogP contribution in [0.15, 0.2) is 24.3 Å². The van der Waals surface area contributed by atoms with E-state index < -0.39 is 17.6 Å². The number of amides is 2. The van der Waals surface area contributed by atoms with Gasteiger partial charge in [-0.2, -0.15) is 0 Å². The van der Waals surface area contributed by atoms with Crippen LogP contribution in [0.1, 0.15) is 6.42 Å². The highest BCUT2D eigenvalue weighted by Crippen LogP contribution is 2.25. The number of halogens is 1. The van der Waals surface area contributed by atoms with Crippen LogP contribution in [0.2, 0.25) is 0 Å². The number of hydrogen-bond donors (Lipinski definition) is 1. The van der Waals surface area contributed by atoms with E-state index in [0.717, 1.165) is 0 Å². The molecule has 2 N–H and O–H groups in total. The van der Waals surface area contributed by atoms with Crippen molar-refractivity contribution in [1.29, 1.82) is 0 Å². The Hall–Kier alpha value is -1.91. The average Bonchev–Trinajstić information content (AvgIpc) is 2.60. The van der Waals surface area contributed by atoms with Gasteiger partial charge in [-0.1, -0.05) is 6.07 Å². The minimum atomic E-state index is -0.493. The van der Waals surface area contributed by atoms with Gasteiger partial charge < -0.3 is 10.6 Å². The molecule has 0 unspecified atom stereocenters. The molecule has 1 aromatic rings. The first-order chi connectivity index (χ1) is 7.58. The smallest absolute Gasteiger partial charge is 0.227 e. The van der Waals surface area contributed by atoms with Crippen molar-refractivity contribution >= 4 is 17.5 Å². The quantitative estimate of drug-likeness (QED) is 0.799. The van der Waals surface area contributed by atoms with E-state index in [1.165, 1.54) is 23.1 Å². The maximum Gasteiger partial charge on any atom is 0.227 e. The number of primary amides is 1. The molecule has 2 rings (SSSR count). The number of carbonyl (C=O) groups is 2. The Morgan fingerprint density at radius 3 is 2.81 bits per heavy atom. The van der Waals surface area contributed by atoms with E-state index in [9.17, 15) is 14.0 Å². The summed E-state index contributed by atoms with van der Waals surface area (Å²) < 4.78 is 13.0. The van der Waals surface area contributed by atoms with Crippen LogP contribution >= 0.6 is 0 Å². The van der Waals surface area contributed by atoms with E-state index in [1.54, 1.807) is 6.07 Å². The number of anilines is 1. The molecule has 1 aliphatic rings. The molecule has 2 amide bonds. The van der Waals surface area contributed by atoms with Crippen LogP contribution in [0.3, 0.4) is 0 Å². The topological polar surface area (TPSA) is 63.4 Å². The second-order valence-electron chi connectivity index (χ2n) is 3.79. The van der Waals surface area contributed by atoms with Gasteiger partial charge in [0.2, 0.25) is 11.8 Å². The van der Waals surface area contributed by atoms with Gasteiger partial charge >= 0.3 is 0 Å². The predicted octanol–water partition coefficient (Wildman–Crippen LogP) is 0.664. The number of nitrogens with two attached hydrogens (primary N) is 1. The third-order valence-corrected chi connectivity index (χ3v) is 2.65. The lowest BCUT2D eigenvalue weighted by Crippen LogP contribution is -2.28. The summed E-state index contributed by atoms with van der Waals surface area (Å²) in [5.41, 5.74) is 5.60. The molecule has 0 aromatic heterocycles. The van der Waals surface area contributed by atoms with Gasteiger partial charge in [0, 0.05) is 18.7 Å². The fraction of sp³-hybridized carbons (Fsp3) is 0.273. The van der Waals surface area contributed by atoms with Crippen LogP contribution < -0.4 is 10.6 Å². The molecular weight excluding hydrogens is 211 g/mol. The Bertz CT molecular complexity index is 447. The zero-order valence-electron chi connectivity index (χ0n) is 8.52. The molecule has 0 radical (unpaired) electrons. The second kappa shape index (κ2) is 3.92. The lowest BCUT2D eigenvalue weighted by Gasteiger charge is -2.15. The zero-order valence-corrected chi connectivity index (χ0v) is 8.52. The molecule has 84 valence electrons. The molecule has 5 heteroatoms. The third-order valence-electron chi connectivity index (χ3n) is 2.65. The van der Waals surface area contributed by atoms with Gasteiger partial charge in [-0.25, -0.2) is 4.39 Å². The van der Waals surface area contributed by atoms with Crippen molar-refractivity contribution in [3.05, 3.63) is 30.1 Å². The van der Waals surface area contributed by atoms with Crippen molar-refractivity contribution in [2.75, 3.05) is 11.4 Å². The minimum Gasteiger partial charge on any atom is -0.369 e. The molecule has 4 nitrogen and oxygen atoms in total. The maximum absolute atomic E-state index is 13.0. The van der Waals surface area contributed by atoms with Crippen LogP contribution in [0.5, 0.6) is 0 Å². The predicted molar refractivity (Wildman–Crippen MR) is 56.1 cm³/mol. The lowest BCUT2D eigenvalue weighted by atomic mass is 10.1. The van der Waals surface area contributed by atoms with Crippen molar-refractivity contribution in [3.8, 4) is 0 Å². The standard InChI is InChI=1S/C11H11FN2O2/c12-8-2-1-3-9(5-8)14-6-7(11(13)16)4-10(14)15/h1-3,5,7H,4,6H2,(H2,13,16)/t7-/m0/s1. The summed E-state index contributed by atoms with van der Waals surface area (Å²) in [5.74, 6) is -1.58. The van der Waals surface area contributed by atoms with E-state index in [-0.39, 0.29) is 18.9 Å². The molecule has 1 aromatic carbocycles. The first-order valence-electron chi connectivity index (χ1n) is 4.93. The molecule has 1 saturated heterocycles. The van der Waals surface area contributed by atoms with Gasteiger partial charge in [-0.05, 0) is 18.2 Å². The summed E-state index contributed by atoms with van der Waals surface area (Å²) in [6.07, 6.45) is 0.103. The highest BCUT2D eigenvalue weighted by molar-refractivity contribution is 5.99. The van der Waals surface area contributed by atoms with Crippen molar-refractivity contribution in [3.63, 3.8) is 0 Å². The molecule has 1 fully saturated rings. The summed E-state index contributed by atoms with van der Waals surface area (Å²) in [7, 11) is 0. The first kappa shape index (κ1) is 10.6. The van der Waals surface area contributed by atoms with Crippen LogP contribution in [-0.2, 0) is 9.59 Å². The van der Waals surface area contributed by atoms with E-state index in [2.05, 4.69) is 0 Å². The van der Waals surface area contributed by atoms with Gasteiger partial charge in [-0.3, -0.25) is 9.59 Å². The molecule has 0 aliphatic carbocycles. The molecule has 1 atom stereocenters. The fourth-order valence-corrected chi connectivity index (χ4v) is 1.79. The maximum atomic E-state index is 13.0. The fourth-order valence-electron chi connectivity index (χ4n) is 1.79. The number of benzene rings is 1. The van der Waals surface area contributed by atoms with Gasteiger partial charge in [0.25, 0.3) is 0 Å². The highest BCUT2D eigenvalue weighted by Gasteiger charge is 2.33. The Balaban J connectivity index is 2.23. The Kier molecular flexibility index (Phi) is 2.60. The first-order valence-corrected chi connectivity index (χ1v) is 4.93. The van der Waals surface area contributed by atoms with E-state index in [0.29, 0.717) is 5.69 Å². The number of nitrogens with zero attached hydrogens (tertiary/aromatic N) is 1. The van der Waals surface area contributed by atoms with Gasteiger partial charge in [0.05, 0.1) is 5.92 Å². The molecule has 0 bridgehead atoms. The monoisotopic (exact) mass is 222 g/mol. The molecule has 0 saturated carbocycles. The van der Waals surface area contributed by atoms with Crippen molar-refractivity contribution < 1.29 is 14.0 Å². The summed E-state index contributed by atoms with van der Waals surface area (Å²) in [6, 6.07) is 5.72. The van der Waals surface area contributed by atoms with E-state index in [1.807, 2.05) is 0 Å². The SMILES string of the molecule is NC(=O)[C@H]1CC(=O)N(c2cccc(F)c2)C1. The van der Waals surface area contributed by atoms with Gasteiger partial charge in [0.1, 0.15) is 5.82 Å². The molecule has 1 heterocycles. The van der Waals surface area contributed by atoms with E-state index >= 15 is 0 Å². The number of rotatable bonds is 2. The summed E-state index contributed by atoms with van der Waals surface area (Å²) in [6.45, 7) is 0.234. The summed E-state index contributed by atoms with van der Waals surface area (Å²) in [4.78, 5) is 23.9. The van der Waals surface area contributed by atoms with Crippen molar-refractivity contribution in [2.24, 2.45) is 11.7 Å². The summed E-state index contributed by atoms with van der Waals surface area (Å²) in [5, 5.41) is 0.